The topological polar surface area (TPSA) is 90.5 Å². The van der Waals surface area contributed by atoms with E-state index in [0.29, 0.717) is 25.8 Å². The molecule has 40 heavy (non-hydrogen) atoms. The van der Waals surface area contributed by atoms with Gasteiger partial charge in [0.05, 0.1) is 11.2 Å². The van der Waals surface area contributed by atoms with E-state index < -0.39 is 22.2 Å². The Kier molecular flexibility index (Phi) is 9.04. The Labute approximate surface area is 241 Å². The number of amides is 1. The van der Waals surface area contributed by atoms with Gasteiger partial charge in [0.25, 0.3) is 0 Å². The number of ether oxygens (including phenoxy) is 2. The van der Waals surface area contributed by atoms with Gasteiger partial charge in [-0.3, -0.25) is 5.32 Å². The Morgan fingerprint density at radius 3 is 2.30 bits per heavy atom. The molecule has 1 aliphatic rings. The summed E-state index contributed by atoms with van der Waals surface area (Å²) in [5.74, 6) is 0. The van der Waals surface area contributed by atoms with Gasteiger partial charge < -0.3 is 19.1 Å². The Morgan fingerprint density at radius 1 is 1.02 bits per heavy atom. The van der Waals surface area contributed by atoms with Crippen LogP contribution in [0.3, 0.4) is 0 Å². The molecule has 0 spiro atoms. The summed E-state index contributed by atoms with van der Waals surface area (Å²) in [5, 5.41) is 18.0. The number of benzene rings is 1. The first-order chi connectivity index (χ1) is 18.6. The molecule has 2 N–H and O–H groups in total. The zero-order chi connectivity index (χ0) is 29.3. The van der Waals surface area contributed by atoms with Crippen LogP contribution in [0.1, 0.15) is 31.5 Å². The van der Waals surface area contributed by atoms with Crippen LogP contribution >= 0.6 is 0 Å². The molecule has 1 aliphatic carbocycles. The molecule has 2 heterocycles. The second kappa shape index (κ2) is 11.8. The summed E-state index contributed by atoms with van der Waals surface area (Å²) < 4.78 is 16.7. The molecule has 2 aromatic heterocycles. The van der Waals surface area contributed by atoms with Gasteiger partial charge in [-0.2, -0.15) is 5.10 Å². The molecule has 0 bridgehead atoms. The standard InChI is InChI=1S/C30H48N4O4Si2/c1-30(2)12-11-24-27(19-30)34(21-38-14-16-40(6,7)8)32-28(24)26-17-22-9-10-23(31-29(35)36)18-25(22)33(26)20-37-13-15-39(3,4)5/h9-10,17-18,31H,11-16,19-21H2,1-8H3,(H,35,36). The number of fused-ring (bicyclic) bond motifs is 2. The summed E-state index contributed by atoms with van der Waals surface area (Å²) in [5.41, 5.74) is 6.24. The Bertz CT molecular complexity index is 1350. The highest BCUT2D eigenvalue weighted by molar-refractivity contribution is 6.76. The van der Waals surface area contributed by atoms with Crippen LogP contribution in [0.4, 0.5) is 10.5 Å². The molecule has 8 nitrogen and oxygen atoms in total. The van der Waals surface area contributed by atoms with E-state index in [1.165, 1.54) is 11.3 Å². The monoisotopic (exact) mass is 584 g/mol. The lowest BCUT2D eigenvalue weighted by Gasteiger charge is -2.30. The highest BCUT2D eigenvalue weighted by atomic mass is 28.3. The van der Waals surface area contributed by atoms with Crippen LogP contribution in [0, 0.1) is 5.41 Å². The van der Waals surface area contributed by atoms with Crippen LogP contribution in [0.2, 0.25) is 51.4 Å². The second-order valence-corrected chi connectivity index (χ2v) is 25.7. The normalized spacial score (nSPS) is 15.4. The highest BCUT2D eigenvalue weighted by Crippen LogP contribution is 2.40. The molecule has 0 fully saturated rings. The van der Waals surface area contributed by atoms with Gasteiger partial charge in [0.2, 0.25) is 0 Å². The molecule has 10 heteroatoms. The van der Waals surface area contributed by atoms with E-state index in [2.05, 4.69) is 73.8 Å². The van der Waals surface area contributed by atoms with Crippen LogP contribution in [0.15, 0.2) is 24.3 Å². The quantitative estimate of drug-likeness (QED) is 0.168. The number of hydrogen-bond acceptors (Lipinski definition) is 4. The van der Waals surface area contributed by atoms with Crippen LogP contribution in [-0.2, 0) is 35.8 Å². The fourth-order valence-electron chi connectivity index (χ4n) is 5.17. The molecule has 3 aromatic rings. The van der Waals surface area contributed by atoms with E-state index in [4.69, 9.17) is 14.6 Å². The largest absolute Gasteiger partial charge is 0.465 e. The first-order valence-electron chi connectivity index (χ1n) is 14.5. The van der Waals surface area contributed by atoms with E-state index in [9.17, 15) is 9.90 Å². The number of nitrogens with zero attached hydrogens (tertiary/aromatic N) is 3. The van der Waals surface area contributed by atoms with Crippen molar-refractivity contribution in [3.8, 4) is 11.4 Å². The van der Waals surface area contributed by atoms with Gasteiger partial charge in [-0.1, -0.05) is 59.2 Å². The summed E-state index contributed by atoms with van der Waals surface area (Å²) in [6.45, 7) is 21.1. The van der Waals surface area contributed by atoms with Gasteiger partial charge in [-0.05, 0) is 55.0 Å². The van der Waals surface area contributed by atoms with Crippen molar-refractivity contribution < 1.29 is 19.4 Å². The lowest BCUT2D eigenvalue weighted by Crippen LogP contribution is -2.25. The van der Waals surface area contributed by atoms with Gasteiger partial charge in [0.15, 0.2) is 0 Å². The number of carbonyl (C=O) groups is 1. The van der Waals surface area contributed by atoms with Crippen molar-refractivity contribution in [3.63, 3.8) is 0 Å². The molecule has 0 atom stereocenters. The maximum absolute atomic E-state index is 11.3. The summed E-state index contributed by atoms with van der Waals surface area (Å²) >= 11 is 0. The van der Waals surface area contributed by atoms with Crippen LogP contribution in [0.25, 0.3) is 22.3 Å². The summed E-state index contributed by atoms with van der Waals surface area (Å²) in [6.07, 6.45) is 1.96. The Morgan fingerprint density at radius 2 is 1.68 bits per heavy atom. The van der Waals surface area contributed by atoms with Gasteiger partial charge in [0.1, 0.15) is 19.2 Å². The minimum Gasteiger partial charge on any atom is -0.465 e. The zero-order valence-electron chi connectivity index (χ0n) is 25.7. The van der Waals surface area contributed by atoms with Crippen molar-refractivity contribution in [2.45, 2.75) is 97.9 Å². The zero-order valence-corrected chi connectivity index (χ0v) is 27.7. The van der Waals surface area contributed by atoms with Crippen molar-refractivity contribution >= 4 is 38.8 Å². The smallest absolute Gasteiger partial charge is 0.409 e. The molecular formula is C30H48N4O4Si2. The number of rotatable bonds is 12. The predicted octanol–water partition coefficient (Wildman–Crippen LogP) is 7.73. The van der Waals surface area contributed by atoms with Gasteiger partial charge >= 0.3 is 6.09 Å². The minimum absolute atomic E-state index is 0.213. The Balaban J connectivity index is 1.73. The van der Waals surface area contributed by atoms with Crippen molar-refractivity contribution in [2.75, 3.05) is 18.5 Å². The van der Waals surface area contributed by atoms with Crippen molar-refractivity contribution in [1.29, 1.82) is 0 Å². The molecule has 1 amide bonds. The number of anilines is 1. The lowest BCUT2D eigenvalue weighted by molar-refractivity contribution is 0.0747. The molecule has 220 valence electrons. The molecule has 0 radical (unpaired) electrons. The van der Waals surface area contributed by atoms with Crippen molar-refractivity contribution in [2.24, 2.45) is 5.41 Å². The fraction of sp³-hybridized carbons (Fsp3) is 0.600. The van der Waals surface area contributed by atoms with Gasteiger partial charge in [-0.15, -0.1) is 0 Å². The molecule has 4 rings (SSSR count). The average Bonchev–Trinajstić information content (AvgIpc) is 3.34. The molecule has 0 unspecified atom stereocenters. The number of nitrogens with one attached hydrogen (secondary N) is 1. The van der Waals surface area contributed by atoms with E-state index in [-0.39, 0.29) is 5.41 Å². The minimum atomic E-state index is -1.23. The molecule has 1 aromatic carbocycles. The summed E-state index contributed by atoms with van der Waals surface area (Å²) in [6, 6.07) is 10.0. The number of aromatic nitrogens is 3. The number of carboxylic acid groups (broad SMARTS) is 1. The first kappa shape index (κ1) is 30.6. The molecule has 0 saturated carbocycles. The first-order valence-corrected chi connectivity index (χ1v) is 21.9. The molecular weight excluding hydrogens is 537 g/mol. The average molecular weight is 585 g/mol. The lowest BCUT2D eigenvalue weighted by atomic mass is 9.76. The second-order valence-electron chi connectivity index (χ2n) is 14.5. The van der Waals surface area contributed by atoms with Crippen LogP contribution < -0.4 is 5.32 Å². The van der Waals surface area contributed by atoms with E-state index >= 15 is 0 Å². The van der Waals surface area contributed by atoms with Crippen LogP contribution in [0.5, 0.6) is 0 Å². The van der Waals surface area contributed by atoms with E-state index in [1.54, 1.807) is 6.07 Å². The van der Waals surface area contributed by atoms with Gasteiger partial charge in [-0.25, -0.2) is 9.48 Å². The van der Waals surface area contributed by atoms with Gasteiger partial charge in [0, 0.05) is 51.7 Å². The molecule has 0 saturated heterocycles. The SMILES string of the molecule is CC1(C)CCc2c(-c3cc4ccc(NC(=O)O)cc4n3COCC[Si](C)(C)C)nn(COCC[Si](C)(C)C)c2C1. The highest BCUT2D eigenvalue weighted by Gasteiger charge is 2.32. The van der Waals surface area contributed by atoms with E-state index in [1.807, 2.05) is 12.1 Å². The van der Waals surface area contributed by atoms with Crippen LogP contribution in [-0.4, -0.2) is 54.9 Å². The summed E-state index contributed by atoms with van der Waals surface area (Å²) in [4.78, 5) is 11.3. The Hall–Kier alpha value is -2.41. The van der Waals surface area contributed by atoms with Crippen molar-refractivity contribution in [1.82, 2.24) is 14.3 Å². The maximum Gasteiger partial charge on any atom is 0.409 e. The third kappa shape index (κ3) is 7.86. The number of hydrogen-bond donors (Lipinski definition) is 2. The van der Waals surface area contributed by atoms with E-state index in [0.717, 1.165) is 60.2 Å². The fourth-order valence-corrected chi connectivity index (χ4v) is 6.68. The third-order valence-corrected chi connectivity index (χ3v) is 11.1. The maximum atomic E-state index is 11.3. The summed E-state index contributed by atoms with van der Waals surface area (Å²) in [7, 11) is -2.41. The third-order valence-electron chi connectivity index (χ3n) is 7.69. The van der Waals surface area contributed by atoms with Crippen molar-refractivity contribution in [3.05, 3.63) is 35.5 Å². The predicted molar refractivity (Wildman–Crippen MR) is 169 cm³/mol. The molecule has 0 aliphatic heterocycles.